The molecule has 0 aromatic heterocycles. The molecule has 0 heterocycles. The molecule has 2 N–H and O–H groups in total. The number of aliphatic hydroxyl groups is 1. The van der Waals surface area contributed by atoms with E-state index in [-0.39, 0.29) is 12.3 Å². The van der Waals surface area contributed by atoms with E-state index in [9.17, 15) is 9.90 Å². The summed E-state index contributed by atoms with van der Waals surface area (Å²) in [5, 5.41) is 18.2. The zero-order valence-electron chi connectivity index (χ0n) is 8.73. The molecule has 0 saturated heterocycles. The second kappa shape index (κ2) is 4.60. The van der Waals surface area contributed by atoms with Gasteiger partial charge >= 0.3 is 5.97 Å². The molecule has 0 amide bonds. The van der Waals surface area contributed by atoms with E-state index in [1.54, 1.807) is 0 Å². The van der Waals surface area contributed by atoms with Gasteiger partial charge in [-0.15, -0.1) is 0 Å². The monoisotopic (exact) mass is 198 g/mol. The van der Waals surface area contributed by atoms with Crippen LogP contribution >= 0.6 is 0 Å². The summed E-state index contributed by atoms with van der Waals surface area (Å²) in [7, 11) is 0. The molecule has 0 aromatic rings. The topological polar surface area (TPSA) is 57.5 Å². The maximum absolute atomic E-state index is 10.4. The van der Waals surface area contributed by atoms with Crippen LogP contribution in [-0.4, -0.2) is 22.3 Å². The predicted octanol–water partition coefficient (Wildman–Crippen LogP) is 1.81. The molecule has 0 aliphatic heterocycles. The average Bonchev–Trinajstić information content (AvgIpc) is 2.00. The summed E-state index contributed by atoms with van der Waals surface area (Å²) >= 11 is 0. The predicted molar refractivity (Wildman–Crippen MR) is 53.9 cm³/mol. The van der Waals surface area contributed by atoms with Gasteiger partial charge in [0.2, 0.25) is 0 Å². The molecule has 0 aromatic carbocycles. The molecule has 3 unspecified atom stereocenters. The maximum atomic E-state index is 10.4. The average molecular weight is 198 g/mol. The Morgan fingerprint density at radius 3 is 2.86 bits per heavy atom. The Morgan fingerprint density at radius 1 is 1.71 bits per heavy atom. The molecule has 1 aliphatic carbocycles. The third kappa shape index (κ3) is 3.14. The first-order chi connectivity index (χ1) is 6.49. The maximum Gasteiger partial charge on any atom is 0.305 e. The second-order valence-corrected chi connectivity index (χ2v) is 4.36. The fourth-order valence-electron chi connectivity index (χ4n) is 2.23. The molecule has 0 spiro atoms. The van der Waals surface area contributed by atoms with Crippen molar-refractivity contribution >= 4 is 5.97 Å². The van der Waals surface area contributed by atoms with Crippen LogP contribution in [0.2, 0.25) is 0 Å². The minimum Gasteiger partial charge on any atom is -0.481 e. The first-order valence-corrected chi connectivity index (χ1v) is 5.06. The largest absolute Gasteiger partial charge is 0.481 e. The van der Waals surface area contributed by atoms with E-state index in [2.05, 4.69) is 13.0 Å². The molecule has 0 radical (unpaired) electrons. The Balaban J connectivity index is 2.53. The smallest absolute Gasteiger partial charge is 0.305 e. The summed E-state index contributed by atoms with van der Waals surface area (Å²) in [6.45, 7) is 4.14. The van der Waals surface area contributed by atoms with Crippen molar-refractivity contribution in [2.75, 3.05) is 0 Å². The van der Waals surface area contributed by atoms with E-state index in [1.165, 1.54) is 5.57 Å². The van der Waals surface area contributed by atoms with Gasteiger partial charge in [0.1, 0.15) is 0 Å². The van der Waals surface area contributed by atoms with Gasteiger partial charge in [0.15, 0.2) is 0 Å². The van der Waals surface area contributed by atoms with Gasteiger partial charge in [0, 0.05) is 0 Å². The summed E-state index contributed by atoms with van der Waals surface area (Å²) in [4.78, 5) is 10.4. The quantitative estimate of drug-likeness (QED) is 0.680. The highest BCUT2D eigenvalue weighted by Crippen LogP contribution is 2.30. The summed E-state index contributed by atoms with van der Waals surface area (Å²) in [6.07, 6.45) is 3.10. The number of allylic oxidation sites excluding steroid dienone is 2. The fraction of sp³-hybridized carbons (Fsp3) is 0.727. The number of hydrogen-bond acceptors (Lipinski definition) is 2. The van der Waals surface area contributed by atoms with Crippen LogP contribution in [-0.2, 0) is 4.79 Å². The van der Waals surface area contributed by atoms with Crippen LogP contribution in [0.4, 0.5) is 0 Å². The number of hydrogen-bond donors (Lipinski definition) is 2. The van der Waals surface area contributed by atoms with Crippen molar-refractivity contribution in [2.45, 2.75) is 39.2 Å². The van der Waals surface area contributed by atoms with Crippen LogP contribution in [0.1, 0.15) is 33.1 Å². The number of carboxylic acid groups (broad SMARTS) is 1. The number of aliphatic carboxylic acids is 1. The minimum absolute atomic E-state index is 0.117. The van der Waals surface area contributed by atoms with Crippen LogP contribution in [0, 0.1) is 11.8 Å². The van der Waals surface area contributed by atoms with E-state index in [4.69, 9.17) is 5.11 Å². The van der Waals surface area contributed by atoms with E-state index in [0.717, 1.165) is 12.8 Å². The lowest BCUT2D eigenvalue weighted by molar-refractivity contribution is -0.140. The highest BCUT2D eigenvalue weighted by atomic mass is 16.4. The molecular weight excluding hydrogens is 180 g/mol. The molecule has 1 rings (SSSR count). The van der Waals surface area contributed by atoms with Crippen molar-refractivity contribution in [1.82, 2.24) is 0 Å². The number of carbonyl (C=O) groups is 1. The first kappa shape index (κ1) is 11.2. The Morgan fingerprint density at radius 2 is 2.36 bits per heavy atom. The molecule has 80 valence electrons. The van der Waals surface area contributed by atoms with Crippen molar-refractivity contribution in [3.63, 3.8) is 0 Å². The van der Waals surface area contributed by atoms with Crippen molar-refractivity contribution in [2.24, 2.45) is 11.8 Å². The molecule has 0 saturated carbocycles. The summed E-state index contributed by atoms with van der Waals surface area (Å²) in [5.74, 6) is -0.347. The van der Waals surface area contributed by atoms with Crippen LogP contribution in [0.15, 0.2) is 11.6 Å². The van der Waals surface area contributed by atoms with Crippen molar-refractivity contribution < 1.29 is 15.0 Å². The van der Waals surface area contributed by atoms with Crippen LogP contribution in [0.5, 0.6) is 0 Å². The lowest BCUT2D eigenvalue weighted by Crippen LogP contribution is -2.27. The SMILES string of the molecule is CC1=CC(C)CC(C(O)CC(=O)O)C1. The summed E-state index contributed by atoms with van der Waals surface area (Å²) in [5.41, 5.74) is 1.26. The molecule has 0 fully saturated rings. The highest BCUT2D eigenvalue weighted by Gasteiger charge is 2.26. The van der Waals surface area contributed by atoms with Crippen LogP contribution in [0.25, 0.3) is 0 Å². The normalized spacial score (nSPS) is 29.5. The number of rotatable bonds is 3. The third-order valence-corrected chi connectivity index (χ3v) is 2.76. The minimum atomic E-state index is -0.919. The first-order valence-electron chi connectivity index (χ1n) is 5.06. The molecule has 14 heavy (non-hydrogen) atoms. The van der Waals surface area contributed by atoms with Crippen LogP contribution in [0.3, 0.4) is 0 Å². The molecule has 3 nitrogen and oxygen atoms in total. The highest BCUT2D eigenvalue weighted by molar-refractivity contribution is 5.67. The molecule has 1 aliphatic rings. The summed E-state index contributed by atoms with van der Waals surface area (Å²) < 4.78 is 0. The molecule has 3 heteroatoms. The van der Waals surface area contributed by atoms with Gasteiger partial charge in [-0.05, 0) is 31.6 Å². The van der Waals surface area contributed by atoms with Gasteiger partial charge in [-0.1, -0.05) is 18.6 Å². The van der Waals surface area contributed by atoms with Gasteiger partial charge in [-0.25, -0.2) is 0 Å². The van der Waals surface area contributed by atoms with Gasteiger partial charge < -0.3 is 10.2 Å². The standard InChI is InChI=1S/C11H18O3/c1-7-3-8(2)5-9(4-7)10(12)6-11(13)14/h3,7,9-10,12H,4-6H2,1-2H3,(H,13,14). The molecule has 3 atom stereocenters. The van der Waals surface area contributed by atoms with E-state index >= 15 is 0 Å². The lowest BCUT2D eigenvalue weighted by atomic mass is 9.80. The van der Waals surface area contributed by atoms with E-state index in [0.29, 0.717) is 5.92 Å². The second-order valence-electron chi connectivity index (χ2n) is 4.36. The molecule has 0 bridgehead atoms. The Labute approximate surface area is 84.4 Å². The van der Waals surface area contributed by atoms with E-state index in [1.807, 2.05) is 6.92 Å². The third-order valence-electron chi connectivity index (χ3n) is 2.76. The van der Waals surface area contributed by atoms with Crippen LogP contribution < -0.4 is 0 Å². The zero-order valence-corrected chi connectivity index (χ0v) is 8.73. The molecular formula is C11H18O3. The zero-order chi connectivity index (χ0) is 10.7. The van der Waals surface area contributed by atoms with Crippen molar-refractivity contribution in [3.8, 4) is 0 Å². The number of aliphatic hydroxyl groups excluding tert-OH is 1. The van der Waals surface area contributed by atoms with Crippen molar-refractivity contribution in [3.05, 3.63) is 11.6 Å². The fourth-order valence-corrected chi connectivity index (χ4v) is 2.23. The Hall–Kier alpha value is -0.830. The number of carboxylic acids is 1. The lowest BCUT2D eigenvalue weighted by Gasteiger charge is -2.28. The summed E-state index contributed by atoms with van der Waals surface area (Å²) in [6, 6.07) is 0. The van der Waals surface area contributed by atoms with Crippen molar-refractivity contribution in [1.29, 1.82) is 0 Å². The Bertz CT molecular complexity index is 245. The van der Waals surface area contributed by atoms with Gasteiger partial charge in [-0.2, -0.15) is 0 Å². The Kier molecular flexibility index (Phi) is 3.69. The van der Waals surface area contributed by atoms with Gasteiger partial charge in [0.25, 0.3) is 0 Å². The van der Waals surface area contributed by atoms with Gasteiger partial charge in [0.05, 0.1) is 12.5 Å². The van der Waals surface area contributed by atoms with E-state index < -0.39 is 12.1 Å². The van der Waals surface area contributed by atoms with Gasteiger partial charge in [-0.3, -0.25) is 4.79 Å².